The largest absolute Gasteiger partial charge is 0.756 e. The third kappa shape index (κ3) is 44.1. The van der Waals surface area contributed by atoms with E-state index in [1.54, 1.807) is 6.08 Å². The van der Waals surface area contributed by atoms with E-state index in [9.17, 15) is 19.4 Å². The zero-order valence-electron chi connectivity index (χ0n) is 38.9. The van der Waals surface area contributed by atoms with Crippen LogP contribution in [-0.4, -0.2) is 68.5 Å². The number of phosphoric ester groups is 1. The number of allylic oxidation sites excluding steroid dienone is 9. The van der Waals surface area contributed by atoms with Crippen LogP contribution in [0.15, 0.2) is 60.8 Å². The van der Waals surface area contributed by atoms with Gasteiger partial charge in [-0.15, -0.1) is 0 Å². The highest BCUT2D eigenvalue weighted by Gasteiger charge is 2.23. The Kier molecular flexibility index (Phi) is 40.3. The Labute approximate surface area is 364 Å². The van der Waals surface area contributed by atoms with Gasteiger partial charge in [0.15, 0.2) is 0 Å². The van der Waals surface area contributed by atoms with E-state index in [1.807, 2.05) is 27.2 Å². The lowest BCUT2D eigenvalue weighted by atomic mass is 10.0. The summed E-state index contributed by atoms with van der Waals surface area (Å²) in [5, 5.41) is 13.7. The van der Waals surface area contributed by atoms with Gasteiger partial charge in [-0.05, 0) is 70.6 Å². The Morgan fingerprint density at radius 3 is 1.54 bits per heavy atom. The van der Waals surface area contributed by atoms with Gasteiger partial charge in [-0.2, -0.15) is 0 Å². The Hall–Kier alpha value is -1.80. The number of aliphatic hydroxyl groups is 1. The van der Waals surface area contributed by atoms with Gasteiger partial charge in [0, 0.05) is 6.42 Å². The molecule has 0 rings (SSSR count). The topological polar surface area (TPSA) is 108 Å². The lowest BCUT2D eigenvalue weighted by Gasteiger charge is -2.29. The van der Waals surface area contributed by atoms with Gasteiger partial charge in [0.1, 0.15) is 13.2 Å². The minimum Gasteiger partial charge on any atom is -0.756 e. The zero-order chi connectivity index (χ0) is 43.6. The van der Waals surface area contributed by atoms with Crippen LogP contribution >= 0.6 is 7.82 Å². The number of aliphatic hydroxyl groups excluding tert-OH is 1. The first kappa shape index (κ1) is 57.2. The van der Waals surface area contributed by atoms with Crippen LogP contribution in [0.4, 0.5) is 0 Å². The van der Waals surface area contributed by atoms with E-state index in [2.05, 4.69) is 67.8 Å². The van der Waals surface area contributed by atoms with E-state index in [0.717, 1.165) is 57.8 Å². The van der Waals surface area contributed by atoms with E-state index in [4.69, 9.17) is 9.05 Å². The first-order valence-corrected chi connectivity index (χ1v) is 25.6. The summed E-state index contributed by atoms with van der Waals surface area (Å²) in [6, 6.07) is -0.909. The summed E-state index contributed by atoms with van der Waals surface area (Å²) in [6.45, 7) is 4.47. The lowest BCUT2D eigenvalue weighted by molar-refractivity contribution is -0.870. The Balaban J connectivity index is 4.14. The number of carbonyl (C=O) groups is 1. The molecule has 0 radical (unpaired) electrons. The normalized spacial score (nSPS) is 14.8. The number of rotatable bonds is 43. The number of hydrogen-bond donors (Lipinski definition) is 2. The van der Waals surface area contributed by atoms with Gasteiger partial charge in [-0.25, -0.2) is 0 Å². The molecule has 0 bridgehead atoms. The van der Waals surface area contributed by atoms with E-state index in [-0.39, 0.29) is 12.5 Å². The SMILES string of the molecule is CC/C=C/CC/C=C/CC/C=C/C(O)C(COP(=O)([O-])OCC[N+](C)(C)C)NC(=O)CCCCCCCCCCCCCCCCC/C=C\C/C=C\CCCCCCC. The summed E-state index contributed by atoms with van der Waals surface area (Å²) in [7, 11) is 1.23. The van der Waals surface area contributed by atoms with E-state index in [1.165, 1.54) is 122 Å². The average molecular weight is 849 g/mol. The predicted molar refractivity (Wildman–Crippen MR) is 251 cm³/mol. The van der Waals surface area contributed by atoms with Gasteiger partial charge in [0.2, 0.25) is 5.91 Å². The summed E-state index contributed by atoms with van der Waals surface area (Å²) < 4.78 is 23.1. The molecule has 0 spiro atoms. The minimum absolute atomic E-state index is 0.0107. The molecule has 344 valence electrons. The van der Waals surface area contributed by atoms with Gasteiger partial charge >= 0.3 is 0 Å². The van der Waals surface area contributed by atoms with Crippen LogP contribution in [0, 0.1) is 0 Å². The molecule has 59 heavy (non-hydrogen) atoms. The quantitative estimate of drug-likeness (QED) is 0.0274. The van der Waals surface area contributed by atoms with Crippen LogP contribution in [0.5, 0.6) is 0 Å². The molecule has 0 saturated heterocycles. The molecule has 0 aliphatic rings. The van der Waals surface area contributed by atoms with Crippen molar-refractivity contribution in [2.45, 2.75) is 212 Å². The maximum Gasteiger partial charge on any atom is 0.268 e. The second kappa shape index (κ2) is 41.5. The molecule has 3 unspecified atom stereocenters. The van der Waals surface area contributed by atoms with Crippen LogP contribution in [0.25, 0.3) is 0 Å². The van der Waals surface area contributed by atoms with Crippen LogP contribution in [0.1, 0.15) is 200 Å². The third-order valence-corrected chi connectivity index (χ3v) is 11.4. The zero-order valence-corrected chi connectivity index (χ0v) is 39.8. The molecular formula is C50H93N2O6P. The van der Waals surface area contributed by atoms with Gasteiger partial charge in [-0.1, -0.05) is 184 Å². The summed E-state index contributed by atoms with van der Waals surface area (Å²) in [5.41, 5.74) is 0. The van der Waals surface area contributed by atoms with Crippen molar-refractivity contribution in [1.29, 1.82) is 0 Å². The highest BCUT2D eigenvalue weighted by molar-refractivity contribution is 7.45. The minimum atomic E-state index is -4.60. The van der Waals surface area contributed by atoms with Gasteiger partial charge in [0.05, 0.1) is 39.9 Å². The maximum absolute atomic E-state index is 12.8. The molecule has 0 aliphatic heterocycles. The number of nitrogens with zero attached hydrogens (tertiary/aromatic N) is 1. The molecule has 3 atom stereocenters. The molecular weight excluding hydrogens is 756 g/mol. The molecule has 1 amide bonds. The van der Waals surface area contributed by atoms with Crippen molar-refractivity contribution in [3.05, 3.63) is 60.8 Å². The average Bonchev–Trinajstić information content (AvgIpc) is 3.19. The van der Waals surface area contributed by atoms with Crippen molar-refractivity contribution in [2.75, 3.05) is 40.9 Å². The molecule has 0 heterocycles. The number of carbonyl (C=O) groups excluding carboxylic acids is 1. The predicted octanol–water partition coefficient (Wildman–Crippen LogP) is 13.2. The monoisotopic (exact) mass is 849 g/mol. The van der Waals surface area contributed by atoms with Crippen LogP contribution in [-0.2, 0) is 18.4 Å². The summed E-state index contributed by atoms with van der Waals surface area (Å²) in [5.74, 6) is -0.215. The highest BCUT2D eigenvalue weighted by Crippen LogP contribution is 2.38. The molecule has 8 nitrogen and oxygen atoms in total. The molecule has 9 heteroatoms. The smallest absolute Gasteiger partial charge is 0.268 e. The third-order valence-electron chi connectivity index (χ3n) is 10.4. The maximum atomic E-state index is 12.8. The number of amides is 1. The molecule has 0 fully saturated rings. The molecule has 0 aromatic heterocycles. The Morgan fingerprint density at radius 1 is 0.610 bits per heavy atom. The van der Waals surface area contributed by atoms with Crippen molar-refractivity contribution in [3.63, 3.8) is 0 Å². The fourth-order valence-corrected chi connectivity index (χ4v) is 7.36. The number of likely N-dealkylation sites (N-methyl/N-ethyl adjacent to an activating group) is 1. The number of hydrogen-bond acceptors (Lipinski definition) is 6. The fourth-order valence-electron chi connectivity index (χ4n) is 6.63. The molecule has 2 N–H and O–H groups in total. The molecule has 0 aliphatic carbocycles. The Morgan fingerprint density at radius 2 is 1.05 bits per heavy atom. The number of phosphoric acid groups is 1. The summed E-state index contributed by atoms with van der Waals surface area (Å²) in [4.78, 5) is 25.3. The Bertz CT molecular complexity index is 1140. The lowest BCUT2D eigenvalue weighted by Crippen LogP contribution is -2.45. The standard InChI is InChI=1S/C50H93N2O6P/c1-6-8-10-12-14-16-18-19-20-21-22-23-24-25-26-27-28-29-30-31-32-33-34-36-38-40-42-44-50(54)51-48(47-58-59(55,56)57-46-45-52(3,4)5)49(53)43-41-39-37-35-17-15-13-11-9-7-2/h9,11,17-19,21-22,35,41,43,48-49,53H,6-8,10,12-16,20,23-34,36-40,42,44-47H2,1-5H3,(H-,51,54,55,56)/b11-9+,19-18-,22-21-,35-17+,43-41+. The number of unbranched alkanes of at least 4 members (excludes halogenated alkanes) is 22. The van der Waals surface area contributed by atoms with Crippen LogP contribution < -0.4 is 10.2 Å². The van der Waals surface area contributed by atoms with Crippen LogP contribution in [0.3, 0.4) is 0 Å². The van der Waals surface area contributed by atoms with E-state index < -0.39 is 26.6 Å². The van der Waals surface area contributed by atoms with Crippen molar-refractivity contribution in [3.8, 4) is 0 Å². The summed E-state index contributed by atoms with van der Waals surface area (Å²) in [6.07, 6.45) is 54.4. The van der Waals surface area contributed by atoms with Crippen molar-refractivity contribution in [2.24, 2.45) is 0 Å². The molecule has 0 aromatic rings. The number of quaternary nitrogens is 1. The molecule has 0 aromatic carbocycles. The van der Waals surface area contributed by atoms with Crippen molar-refractivity contribution in [1.82, 2.24) is 5.32 Å². The van der Waals surface area contributed by atoms with Gasteiger partial charge in [0.25, 0.3) is 7.82 Å². The van der Waals surface area contributed by atoms with Gasteiger partial charge < -0.3 is 28.8 Å². The number of nitrogens with one attached hydrogen (secondary N) is 1. The van der Waals surface area contributed by atoms with E-state index in [0.29, 0.717) is 17.4 Å². The van der Waals surface area contributed by atoms with E-state index >= 15 is 0 Å². The highest BCUT2D eigenvalue weighted by atomic mass is 31.2. The summed E-state index contributed by atoms with van der Waals surface area (Å²) >= 11 is 0. The second-order valence-electron chi connectivity index (χ2n) is 17.4. The van der Waals surface area contributed by atoms with Crippen LogP contribution in [0.2, 0.25) is 0 Å². The molecule has 0 saturated carbocycles. The fraction of sp³-hybridized carbons (Fsp3) is 0.780. The first-order valence-electron chi connectivity index (χ1n) is 24.2. The second-order valence-corrected chi connectivity index (χ2v) is 18.8. The van der Waals surface area contributed by atoms with Crippen molar-refractivity contribution >= 4 is 13.7 Å². The van der Waals surface area contributed by atoms with Gasteiger partial charge in [-0.3, -0.25) is 9.36 Å². The first-order chi connectivity index (χ1) is 28.5. The van der Waals surface area contributed by atoms with Crippen molar-refractivity contribution < 1.29 is 32.9 Å².